The number of carbonyl (C=O) groups is 1. The third-order valence-electron chi connectivity index (χ3n) is 7.18. The molecular weight excluding hydrogens is 581 g/mol. The summed E-state index contributed by atoms with van der Waals surface area (Å²) in [6, 6.07) is 16.6. The third kappa shape index (κ3) is 4.99. The maximum Gasteiger partial charge on any atom is 0.255 e. The van der Waals surface area contributed by atoms with E-state index < -0.39 is 33.4 Å². The van der Waals surface area contributed by atoms with Gasteiger partial charge in [0.2, 0.25) is 10.0 Å². The van der Waals surface area contributed by atoms with E-state index in [1.54, 1.807) is 6.07 Å². The van der Waals surface area contributed by atoms with Crippen LogP contribution in [0, 0.1) is 17.5 Å². The molecule has 0 atom stereocenters. The van der Waals surface area contributed by atoms with Gasteiger partial charge in [0.05, 0.1) is 34.1 Å². The molecule has 0 unspecified atom stereocenters. The van der Waals surface area contributed by atoms with Gasteiger partial charge < -0.3 is 14.7 Å². The van der Waals surface area contributed by atoms with Crippen LogP contribution in [0.5, 0.6) is 0 Å². The number of hydrogen-bond donors (Lipinski definition) is 2. The molecule has 0 aliphatic carbocycles. The molecule has 4 aromatic carbocycles. The van der Waals surface area contributed by atoms with E-state index in [1.807, 2.05) is 0 Å². The SMILES string of the molecule is CNC(=O)c1c(-c2ccc(F)cc2)oc2cc(N(C)S(C)(=O)=O)c(-c3ccc(F)c(-c4nc5ccc(F)cc5[nH]4)c3)cc12. The van der Waals surface area contributed by atoms with Gasteiger partial charge in [-0.25, -0.2) is 26.6 Å². The molecule has 0 saturated heterocycles. The number of hydrogen-bond acceptors (Lipinski definition) is 5. The first kappa shape index (κ1) is 28.0. The van der Waals surface area contributed by atoms with Crippen LogP contribution >= 0.6 is 0 Å². The van der Waals surface area contributed by atoms with Gasteiger partial charge in [-0.05, 0) is 66.2 Å². The summed E-state index contributed by atoms with van der Waals surface area (Å²) in [5.41, 5.74) is 2.61. The van der Waals surface area contributed by atoms with Gasteiger partial charge in [0.1, 0.15) is 34.6 Å². The van der Waals surface area contributed by atoms with Crippen LogP contribution < -0.4 is 9.62 Å². The highest BCUT2D eigenvalue weighted by Crippen LogP contribution is 2.42. The lowest BCUT2D eigenvalue weighted by Crippen LogP contribution is -2.25. The van der Waals surface area contributed by atoms with Crippen LogP contribution in [0.2, 0.25) is 0 Å². The first-order chi connectivity index (χ1) is 20.4. The van der Waals surface area contributed by atoms with Crippen molar-refractivity contribution in [1.82, 2.24) is 15.3 Å². The quantitative estimate of drug-likeness (QED) is 0.226. The molecular formula is C31H23F3N4O4S. The van der Waals surface area contributed by atoms with Crippen molar-refractivity contribution in [3.05, 3.63) is 95.8 Å². The number of rotatable bonds is 6. The number of nitrogens with zero attached hydrogens (tertiary/aromatic N) is 2. The van der Waals surface area contributed by atoms with Crippen molar-refractivity contribution in [2.45, 2.75) is 0 Å². The van der Waals surface area contributed by atoms with Crippen LogP contribution in [0.4, 0.5) is 18.9 Å². The van der Waals surface area contributed by atoms with E-state index in [4.69, 9.17) is 4.42 Å². The molecule has 0 fully saturated rings. The second-order valence-corrected chi connectivity index (χ2v) is 11.9. The monoisotopic (exact) mass is 604 g/mol. The second-order valence-electron chi connectivity index (χ2n) is 9.93. The first-order valence-corrected chi connectivity index (χ1v) is 14.8. The fourth-order valence-corrected chi connectivity index (χ4v) is 5.45. The zero-order valence-corrected chi connectivity index (χ0v) is 23.8. The molecule has 2 N–H and O–H groups in total. The van der Waals surface area contributed by atoms with Gasteiger partial charge in [-0.3, -0.25) is 9.10 Å². The van der Waals surface area contributed by atoms with Gasteiger partial charge in [-0.15, -0.1) is 0 Å². The Morgan fingerprint density at radius 1 is 0.907 bits per heavy atom. The van der Waals surface area contributed by atoms with Crippen LogP contribution in [0.1, 0.15) is 10.4 Å². The summed E-state index contributed by atoms with van der Waals surface area (Å²) in [4.78, 5) is 20.5. The average Bonchev–Trinajstić information content (AvgIpc) is 3.56. The number of fused-ring (bicyclic) bond motifs is 2. The minimum atomic E-state index is -3.79. The number of imidazole rings is 1. The number of carbonyl (C=O) groups excluding carboxylic acids is 1. The van der Waals surface area contributed by atoms with E-state index in [0.717, 1.165) is 10.6 Å². The highest BCUT2D eigenvalue weighted by atomic mass is 32.2. The lowest BCUT2D eigenvalue weighted by atomic mass is 9.97. The first-order valence-electron chi connectivity index (χ1n) is 12.9. The summed E-state index contributed by atoms with van der Waals surface area (Å²) >= 11 is 0. The van der Waals surface area contributed by atoms with E-state index in [-0.39, 0.29) is 34.0 Å². The Bertz CT molecular complexity index is 2170. The smallest absolute Gasteiger partial charge is 0.255 e. The molecule has 0 aliphatic heterocycles. The standard InChI is InChI=1S/C31H23F3N4O4S/c1-35-31(39)28-22-14-20(17-6-10-23(34)21(12-17)30-36-24-11-9-19(33)13-25(24)37-30)26(38(2)43(3,40)41)15-27(22)42-29(28)16-4-7-18(32)8-5-16/h4-15H,1-3H3,(H,35,39)(H,36,37). The van der Waals surface area contributed by atoms with Gasteiger partial charge in [-0.2, -0.15) is 0 Å². The molecule has 2 aromatic heterocycles. The molecule has 0 spiro atoms. The van der Waals surface area contributed by atoms with Crippen molar-refractivity contribution >= 4 is 43.6 Å². The molecule has 0 radical (unpaired) electrons. The zero-order valence-electron chi connectivity index (χ0n) is 23.0. The Morgan fingerprint density at radius 2 is 1.60 bits per heavy atom. The van der Waals surface area contributed by atoms with Gasteiger partial charge in [-0.1, -0.05) is 6.07 Å². The van der Waals surface area contributed by atoms with Gasteiger partial charge >= 0.3 is 0 Å². The maximum atomic E-state index is 15.2. The van der Waals surface area contributed by atoms with E-state index in [1.165, 1.54) is 80.8 Å². The van der Waals surface area contributed by atoms with Crippen LogP contribution in [0.25, 0.3) is 55.8 Å². The number of H-pyrrole nitrogens is 1. The topological polar surface area (TPSA) is 108 Å². The summed E-state index contributed by atoms with van der Waals surface area (Å²) in [7, 11) is -0.971. The fraction of sp³-hybridized carbons (Fsp3) is 0.0968. The molecule has 6 rings (SSSR count). The molecule has 0 bridgehead atoms. The maximum absolute atomic E-state index is 15.2. The number of aromatic amines is 1. The van der Waals surface area contributed by atoms with E-state index in [0.29, 0.717) is 33.1 Å². The Hall–Kier alpha value is -5.10. The number of sulfonamides is 1. The molecule has 1 amide bonds. The summed E-state index contributed by atoms with van der Waals surface area (Å²) in [6.45, 7) is 0. The molecule has 2 heterocycles. The van der Waals surface area contributed by atoms with Crippen molar-refractivity contribution < 1.29 is 30.8 Å². The van der Waals surface area contributed by atoms with Crippen molar-refractivity contribution in [3.63, 3.8) is 0 Å². The Balaban J connectivity index is 1.62. The molecule has 12 heteroatoms. The van der Waals surface area contributed by atoms with E-state index in [2.05, 4.69) is 15.3 Å². The number of aromatic nitrogens is 2. The highest BCUT2D eigenvalue weighted by Gasteiger charge is 2.26. The minimum Gasteiger partial charge on any atom is -0.455 e. The van der Waals surface area contributed by atoms with Crippen molar-refractivity contribution in [2.75, 3.05) is 24.7 Å². The Morgan fingerprint density at radius 3 is 2.30 bits per heavy atom. The lowest BCUT2D eigenvalue weighted by Gasteiger charge is -2.21. The molecule has 0 saturated carbocycles. The summed E-state index contributed by atoms with van der Waals surface area (Å²) in [6.07, 6.45) is 1.03. The van der Waals surface area contributed by atoms with Crippen molar-refractivity contribution in [2.24, 2.45) is 0 Å². The van der Waals surface area contributed by atoms with Crippen LogP contribution in [0.15, 0.2) is 77.2 Å². The molecule has 43 heavy (non-hydrogen) atoms. The second kappa shape index (κ2) is 10.3. The van der Waals surface area contributed by atoms with Gasteiger partial charge in [0.25, 0.3) is 5.91 Å². The molecule has 8 nitrogen and oxygen atoms in total. The van der Waals surface area contributed by atoms with Crippen molar-refractivity contribution in [3.8, 4) is 33.8 Å². The zero-order chi connectivity index (χ0) is 30.6. The number of furan rings is 1. The van der Waals surface area contributed by atoms with Gasteiger partial charge in [0.15, 0.2) is 0 Å². The summed E-state index contributed by atoms with van der Waals surface area (Å²) in [5.74, 6) is -1.74. The minimum absolute atomic E-state index is 0.0629. The van der Waals surface area contributed by atoms with Crippen LogP contribution in [0.3, 0.4) is 0 Å². The summed E-state index contributed by atoms with van der Waals surface area (Å²) in [5, 5.41) is 2.94. The Kier molecular flexibility index (Phi) is 6.73. The number of benzene rings is 4. The summed E-state index contributed by atoms with van der Waals surface area (Å²) < 4.78 is 75.1. The van der Waals surface area contributed by atoms with Crippen LogP contribution in [-0.4, -0.2) is 44.6 Å². The predicted molar refractivity (Wildman–Crippen MR) is 159 cm³/mol. The normalized spacial score (nSPS) is 11.8. The van der Waals surface area contributed by atoms with E-state index >= 15 is 4.39 Å². The Labute approximate surface area is 243 Å². The number of amides is 1. The molecule has 218 valence electrons. The third-order valence-corrected chi connectivity index (χ3v) is 8.37. The number of halogens is 3. The number of nitrogens with one attached hydrogen (secondary N) is 2. The number of anilines is 1. The fourth-order valence-electron chi connectivity index (χ4n) is 4.94. The van der Waals surface area contributed by atoms with Gasteiger partial charge in [0, 0.05) is 36.7 Å². The molecule has 0 aliphatic rings. The van der Waals surface area contributed by atoms with E-state index in [9.17, 15) is 22.0 Å². The van der Waals surface area contributed by atoms with Crippen LogP contribution in [-0.2, 0) is 10.0 Å². The largest absolute Gasteiger partial charge is 0.455 e. The lowest BCUT2D eigenvalue weighted by molar-refractivity contribution is 0.0964. The predicted octanol–water partition coefficient (Wildman–Crippen LogP) is 6.48. The molecule has 6 aromatic rings. The highest BCUT2D eigenvalue weighted by molar-refractivity contribution is 7.92. The van der Waals surface area contributed by atoms with Crippen molar-refractivity contribution in [1.29, 1.82) is 0 Å². The average molecular weight is 605 g/mol.